The van der Waals surface area contributed by atoms with Gasteiger partial charge < -0.3 is 10.0 Å². The Labute approximate surface area is 99.4 Å². The Kier molecular flexibility index (Phi) is 4.85. The first-order valence-corrected chi connectivity index (χ1v) is 5.77. The van der Waals surface area contributed by atoms with Gasteiger partial charge in [-0.25, -0.2) is 0 Å². The van der Waals surface area contributed by atoms with Gasteiger partial charge in [0.1, 0.15) is 0 Å². The first-order chi connectivity index (χ1) is 7.22. The number of anilines is 1. The summed E-state index contributed by atoms with van der Waals surface area (Å²) in [7, 11) is 0. The van der Waals surface area contributed by atoms with Crippen LogP contribution in [-0.2, 0) is 6.61 Å². The van der Waals surface area contributed by atoms with Crippen molar-refractivity contribution in [3.05, 3.63) is 40.9 Å². The molecule has 82 valence electrons. The molecule has 1 aromatic carbocycles. The lowest BCUT2D eigenvalue weighted by molar-refractivity contribution is 0.281. The van der Waals surface area contributed by atoms with Gasteiger partial charge in [0, 0.05) is 23.2 Å². The van der Waals surface area contributed by atoms with Crippen LogP contribution in [0.25, 0.3) is 0 Å². The molecule has 0 saturated heterocycles. The molecular weight excluding hydrogens is 254 g/mol. The van der Waals surface area contributed by atoms with Gasteiger partial charge in [-0.1, -0.05) is 28.1 Å². The van der Waals surface area contributed by atoms with Crippen molar-refractivity contribution in [2.75, 3.05) is 18.0 Å². The van der Waals surface area contributed by atoms with E-state index in [0.29, 0.717) is 0 Å². The Balaban J connectivity index is 2.94. The van der Waals surface area contributed by atoms with E-state index in [0.717, 1.165) is 28.8 Å². The lowest BCUT2D eigenvalue weighted by Gasteiger charge is -2.22. The van der Waals surface area contributed by atoms with Gasteiger partial charge in [0.15, 0.2) is 0 Å². The molecule has 0 bridgehead atoms. The van der Waals surface area contributed by atoms with Crippen molar-refractivity contribution in [2.24, 2.45) is 0 Å². The topological polar surface area (TPSA) is 23.5 Å². The van der Waals surface area contributed by atoms with Gasteiger partial charge in [-0.15, -0.1) is 6.58 Å². The summed E-state index contributed by atoms with van der Waals surface area (Å²) in [6.07, 6.45) is 1.89. The molecule has 15 heavy (non-hydrogen) atoms. The quantitative estimate of drug-likeness (QED) is 0.831. The number of rotatable bonds is 5. The number of aliphatic hydroxyl groups is 1. The minimum atomic E-state index is 0.0639. The Morgan fingerprint density at radius 1 is 1.53 bits per heavy atom. The maximum atomic E-state index is 9.05. The maximum Gasteiger partial charge on any atom is 0.0692 e. The standard InChI is InChI=1S/C12H16BrNO/c1-3-7-14(4-2)11-6-5-10(9-15)12(13)8-11/h3,5-6,8,15H,1,4,7,9H2,2H3. The van der Waals surface area contributed by atoms with Gasteiger partial charge in [-0.2, -0.15) is 0 Å². The van der Waals surface area contributed by atoms with Gasteiger partial charge >= 0.3 is 0 Å². The molecular formula is C12H16BrNO. The molecule has 0 spiro atoms. The molecule has 0 fully saturated rings. The van der Waals surface area contributed by atoms with E-state index in [4.69, 9.17) is 5.11 Å². The lowest BCUT2D eigenvalue weighted by atomic mass is 10.2. The van der Waals surface area contributed by atoms with Gasteiger partial charge in [-0.3, -0.25) is 0 Å². The summed E-state index contributed by atoms with van der Waals surface area (Å²) in [4.78, 5) is 2.21. The number of nitrogens with zero attached hydrogens (tertiary/aromatic N) is 1. The second-order valence-electron chi connectivity index (χ2n) is 3.26. The summed E-state index contributed by atoms with van der Waals surface area (Å²) < 4.78 is 0.949. The fourth-order valence-electron chi connectivity index (χ4n) is 1.43. The van der Waals surface area contributed by atoms with Crippen LogP contribution >= 0.6 is 15.9 Å². The van der Waals surface area contributed by atoms with Crippen molar-refractivity contribution in [3.8, 4) is 0 Å². The Bertz CT molecular complexity index is 338. The predicted molar refractivity (Wildman–Crippen MR) is 68.1 cm³/mol. The number of benzene rings is 1. The number of aliphatic hydroxyl groups excluding tert-OH is 1. The Morgan fingerprint density at radius 2 is 2.27 bits per heavy atom. The summed E-state index contributed by atoms with van der Waals surface area (Å²) in [6.45, 7) is 7.69. The SMILES string of the molecule is C=CCN(CC)c1ccc(CO)c(Br)c1. The number of hydrogen-bond acceptors (Lipinski definition) is 2. The zero-order valence-corrected chi connectivity index (χ0v) is 10.5. The molecule has 0 radical (unpaired) electrons. The fraction of sp³-hybridized carbons (Fsp3) is 0.333. The van der Waals surface area contributed by atoms with Crippen molar-refractivity contribution in [3.63, 3.8) is 0 Å². The summed E-state index contributed by atoms with van der Waals surface area (Å²) in [5.74, 6) is 0. The highest BCUT2D eigenvalue weighted by Gasteiger charge is 2.05. The van der Waals surface area contributed by atoms with Crippen molar-refractivity contribution in [1.29, 1.82) is 0 Å². The predicted octanol–water partition coefficient (Wildman–Crippen LogP) is 2.95. The van der Waals surface area contributed by atoms with Crippen LogP contribution in [0.15, 0.2) is 35.3 Å². The van der Waals surface area contributed by atoms with Gasteiger partial charge in [0.2, 0.25) is 0 Å². The van der Waals surface area contributed by atoms with E-state index in [9.17, 15) is 0 Å². The number of likely N-dealkylation sites (N-methyl/N-ethyl adjacent to an activating group) is 1. The third kappa shape index (κ3) is 3.08. The van der Waals surface area contributed by atoms with Gasteiger partial charge in [0.25, 0.3) is 0 Å². The van der Waals surface area contributed by atoms with Crippen LogP contribution in [-0.4, -0.2) is 18.2 Å². The number of hydrogen-bond donors (Lipinski definition) is 1. The highest BCUT2D eigenvalue weighted by Crippen LogP contribution is 2.24. The van der Waals surface area contributed by atoms with E-state index in [1.165, 1.54) is 0 Å². The highest BCUT2D eigenvalue weighted by atomic mass is 79.9. The molecule has 0 unspecified atom stereocenters. The monoisotopic (exact) mass is 269 g/mol. The molecule has 0 amide bonds. The molecule has 3 heteroatoms. The van der Waals surface area contributed by atoms with Crippen molar-refractivity contribution in [2.45, 2.75) is 13.5 Å². The van der Waals surface area contributed by atoms with E-state index >= 15 is 0 Å². The van der Waals surface area contributed by atoms with E-state index < -0.39 is 0 Å². The third-order valence-electron chi connectivity index (χ3n) is 2.30. The first kappa shape index (κ1) is 12.3. The normalized spacial score (nSPS) is 10.1. The zero-order valence-electron chi connectivity index (χ0n) is 8.91. The first-order valence-electron chi connectivity index (χ1n) is 4.98. The zero-order chi connectivity index (χ0) is 11.3. The molecule has 0 saturated carbocycles. The van der Waals surface area contributed by atoms with Crippen LogP contribution in [0.5, 0.6) is 0 Å². The van der Waals surface area contributed by atoms with E-state index in [1.807, 2.05) is 24.3 Å². The van der Waals surface area contributed by atoms with Crippen LogP contribution < -0.4 is 4.90 Å². The Morgan fingerprint density at radius 3 is 2.73 bits per heavy atom. The van der Waals surface area contributed by atoms with E-state index in [-0.39, 0.29) is 6.61 Å². The summed E-state index contributed by atoms with van der Waals surface area (Å²) in [5.41, 5.74) is 2.05. The average Bonchev–Trinajstić information content (AvgIpc) is 2.25. The molecule has 0 aliphatic carbocycles. The van der Waals surface area contributed by atoms with E-state index in [1.54, 1.807) is 0 Å². The molecule has 1 rings (SSSR count). The third-order valence-corrected chi connectivity index (χ3v) is 3.04. The number of halogens is 1. The van der Waals surface area contributed by atoms with Crippen LogP contribution in [0, 0.1) is 0 Å². The molecule has 0 atom stereocenters. The molecule has 0 aromatic heterocycles. The second kappa shape index (κ2) is 5.93. The minimum absolute atomic E-state index is 0.0639. The fourth-order valence-corrected chi connectivity index (χ4v) is 1.93. The average molecular weight is 270 g/mol. The Hall–Kier alpha value is -0.800. The van der Waals surface area contributed by atoms with Crippen LogP contribution in [0.1, 0.15) is 12.5 Å². The van der Waals surface area contributed by atoms with Crippen molar-refractivity contribution >= 4 is 21.6 Å². The summed E-state index contributed by atoms with van der Waals surface area (Å²) in [5, 5.41) is 9.05. The molecule has 1 N–H and O–H groups in total. The molecule has 0 heterocycles. The largest absolute Gasteiger partial charge is 0.392 e. The maximum absolute atomic E-state index is 9.05. The summed E-state index contributed by atoms with van der Waals surface area (Å²) in [6, 6.07) is 5.98. The molecule has 1 aromatic rings. The summed E-state index contributed by atoms with van der Waals surface area (Å²) >= 11 is 3.44. The molecule has 0 aliphatic rings. The van der Waals surface area contributed by atoms with Crippen LogP contribution in [0.2, 0.25) is 0 Å². The van der Waals surface area contributed by atoms with Crippen LogP contribution in [0.3, 0.4) is 0 Å². The minimum Gasteiger partial charge on any atom is -0.392 e. The van der Waals surface area contributed by atoms with Crippen LogP contribution in [0.4, 0.5) is 5.69 Å². The molecule has 0 aliphatic heterocycles. The van der Waals surface area contributed by atoms with Gasteiger partial charge in [-0.05, 0) is 24.6 Å². The second-order valence-corrected chi connectivity index (χ2v) is 4.12. The van der Waals surface area contributed by atoms with E-state index in [2.05, 4.69) is 34.3 Å². The van der Waals surface area contributed by atoms with Gasteiger partial charge in [0.05, 0.1) is 6.61 Å². The lowest BCUT2D eigenvalue weighted by Crippen LogP contribution is -2.22. The highest BCUT2D eigenvalue weighted by molar-refractivity contribution is 9.10. The smallest absolute Gasteiger partial charge is 0.0692 e. The van der Waals surface area contributed by atoms with Crippen molar-refractivity contribution < 1.29 is 5.11 Å². The van der Waals surface area contributed by atoms with Crippen molar-refractivity contribution in [1.82, 2.24) is 0 Å². The molecule has 2 nitrogen and oxygen atoms in total.